The van der Waals surface area contributed by atoms with E-state index in [2.05, 4.69) is 15.3 Å². The number of hydrogen-bond acceptors (Lipinski definition) is 2. The quantitative estimate of drug-likeness (QED) is 0.730. The molecule has 0 aromatic carbocycles. The standard InChI is InChI=1S/C10H10ClN3O/c1-5-3-8(11)14-10-7(13-6(2)15)4-12-9(5)10/h3-4,12H,1-2H3,(H,13,15). The molecule has 2 heterocycles. The number of aromatic amines is 1. The summed E-state index contributed by atoms with van der Waals surface area (Å²) in [6, 6.07) is 1.78. The number of aromatic nitrogens is 2. The largest absolute Gasteiger partial charge is 0.358 e. The van der Waals surface area contributed by atoms with E-state index in [1.165, 1.54) is 6.92 Å². The van der Waals surface area contributed by atoms with Crippen LogP contribution >= 0.6 is 11.6 Å². The summed E-state index contributed by atoms with van der Waals surface area (Å²) < 4.78 is 0. The molecule has 78 valence electrons. The monoisotopic (exact) mass is 223 g/mol. The van der Waals surface area contributed by atoms with Crippen LogP contribution in [0.5, 0.6) is 0 Å². The van der Waals surface area contributed by atoms with Gasteiger partial charge in [-0.1, -0.05) is 11.6 Å². The van der Waals surface area contributed by atoms with Crippen molar-refractivity contribution in [2.24, 2.45) is 0 Å². The number of nitrogens with one attached hydrogen (secondary N) is 2. The lowest BCUT2D eigenvalue weighted by Gasteiger charge is -2.00. The zero-order chi connectivity index (χ0) is 11.0. The first-order valence-electron chi connectivity index (χ1n) is 4.50. The molecule has 0 unspecified atom stereocenters. The molecule has 0 fully saturated rings. The Hall–Kier alpha value is -1.55. The number of hydrogen-bond donors (Lipinski definition) is 2. The van der Waals surface area contributed by atoms with Gasteiger partial charge in [-0.3, -0.25) is 4.79 Å². The number of aryl methyl sites for hydroxylation is 1. The number of nitrogens with zero attached hydrogens (tertiary/aromatic N) is 1. The smallest absolute Gasteiger partial charge is 0.221 e. The highest BCUT2D eigenvalue weighted by atomic mass is 35.5. The maximum atomic E-state index is 10.9. The molecule has 2 aromatic heterocycles. The molecular weight excluding hydrogens is 214 g/mol. The van der Waals surface area contributed by atoms with E-state index < -0.39 is 0 Å². The van der Waals surface area contributed by atoms with Gasteiger partial charge in [-0.25, -0.2) is 4.98 Å². The zero-order valence-electron chi connectivity index (χ0n) is 8.39. The van der Waals surface area contributed by atoms with Gasteiger partial charge >= 0.3 is 0 Å². The fraction of sp³-hybridized carbons (Fsp3) is 0.200. The minimum absolute atomic E-state index is 0.129. The molecule has 1 amide bonds. The van der Waals surface area contributed by atoms with E-state index in [1.54, 1.807) is 12.3 Å². The van der Waals surface area contributed by atoms with Crippen molar-refractivity contribution in [1.82, 2.24) is 9.97 Å². The molecule has 0 saturated heterocycles. The Morgan fingerprint density at radius 1 is 1.60 bits per heavy atom. The molecule has 0 spiro atoms. The van der Waals surface area contributed by atoms with Gasteiger partial charge in [0.05, 0.1) is 11.2 Å². The molecule has 2 N–H and O–H groups in total. The number of anilines is 1. The molecule has 0 aliphatic heterocycles. The Balaban J connectivity index is 2.63. The third-order valence-corrected chi connectivity index (χ3v) is 2.31. The SMILES string of the molecule is CC(=O)Nc1c[nH]c2c(C)cc(Cl)nc12. The number of H-pyrrole nitrogens is 1. The van der Waals surface area contributed by atoms with Crippen molar-refractivity contribution < 1.29 is 4.79 Å². The van der Waals surface area contributed by atoms with Gasteiger partial charge in [0.1, 0.15) is 10.7 Å². The molecule has 0 atom stereocenters. The second kappa shape index (κ2) is 3.55. The van der Waals surface area contributed by atoms with Crippen molar-refractivity contribution in [3.8, 4) is 0 Å². The lowest BCUT2D eigenvalue weighted by molar-refractivity contribution is -0.114. The molecule has 0 saturated carbocycles. The van der Waals surface area contributed by atoms with Gasteiger partial charge in [0.15, 0.2) is 0 Å². The minimum Gasteiger partial charge on any atom is -0.358 e. The highest BCUT2D eigenvalue weighted by Gasteiger charge is 2.09. The van der Waals surface area contributed by atoms with E-state index in [1.807, 2.05) is 6.92 Å². The van der Waals surface area contributed by atoms with Gasteiger partial charge in [-0.2, -0.15) is 0 Å². The Morgan fingerprint density at radius 3 is 3.00 bits per heavy atom. The predicted octanol–water partition coefficient (Wildman–Crippen LogP) is 2.48. The van der Waals surface area contributed by atoms with E-state index in [-0.39, 0.29) is 5.91 Å². The number of carbonyl (C=O) groups excluding carboxylic acids is 1. The number of fused-ring (bicyclic) bond motifs is 1. The van der Waals surface area contributed by atoms with E-state index in [0.29, 0.717) is 16.4 Å². The Labute approximate surface area is 91.7 Å². The summed E-state index contributed by atoms with van der Waals surface area (Å²) in [6.07, 6.45) is 1.71. The van der Waals surface area contributed by atoms with Crippen LogP contribution in [0, 0.1) is 6.92 Å². The van der Waals surface area contributed by atoms with E-state index >= 15 is 0 Å². The topological polar surface area (TPSA) is 57.8 Å². The Morgan fingerprint density at radius 2 is 2.33 bits per heavy atom. The number of halogens is 1. The van der Waals surface area contributed by atoms with E-state index in [4.69, 9.17) is 11.6 Å². The summed E-state index contributed by atoms with van der Waals surface area (Å²) in [5, 5.41) is 3.11. The minimum atomic E-state index is -0.129. The van der Waals surface area contributed by atoms with Crippen LogP contribution in [0.1, 0.15) is 12.5 Å². The van der Waals surface area contributed by atoms with Crippen LogP contribution in [0.4, 0.5) is 5.69 Å². The van der Waals surface area contributed by atoms with Gasteiger partial charge in [0.2, 0.25) is 5.91 Å². The Kier molecular flexibility index (Phi) is 2.36. The Bertz CT molecular complexity index is 533. The highest BCUT2D eigenvalue weighted by molar-refractivity contribution is 6.30. The van der Waals surface area contributed by atoms with Gasteiger partial charge in [-0.15, -0.1) is 0 Å². The highest BCUT2D eigenvalue weighted by Crippen LogP contribution is 2.25. The summed E-state index contributed by atoms with van der Waals surface area (Å²) >= 11 is 5.85. The second-order valence-electron chi connectivity index (χ2n) is 3.37. The van der Waals surface area contributed by atoms with E-state index in [0.717, 1.165) is 11.1 Å². The lowest BCUT2D eigenvalue weighted by Crippen LogP contribution is -2.05. The summed E-state index contributed by atoms with van der Waals surface area (Å²) in [4.78, 5) is 18.2. The number of amides is 1. The lowest BCUT2D eigenvalue weighted by atomic mass is 10.2. The molecule has 0 radical (unpaired) electrons. The molecule has 0 aliphatic carbocycles. The van der Waals surface area contributed by atoms with Crippen LogP contribution in [-0.2, 0) is 4.79 Å². The first kappa shape index (κ1) is 9.98. The van der Waals surface area contributed by atoms with Gasteiger partial charge in [0.25, 0.3) is 0 Å². The van der Waals surface area contributed by atoms with Crippen molar-refractivity contribution in [2.75, 3.05) is 5.32 Å². The maximum absolute atomic E-state index is 10.9. The molecule has 5 heteroatoms. The number of pyridine rings is 1. The fourth-order valence-electron chi connectivity index (χ4n) is 1.51. The van der Waals surface area contributed by atoms with Crippen LogP contribution in [0.2, 0.25) is 5.15 Å². The summed E-state index contributed by atoms with van der Waals surface area (Å²) in [7, 11) is 0. The van der Waals surface area contributed by atoms with Crippen LogP contribution in [0.3, 0.4) is 0 Å². The normalized spacial score (nSPS) is 10.6. The molecule has 15 heavy (non-hydrogen) atoms. The van der Waals surface area contributed by atoms with Gasteiger partial charge < -0.3 is 10.3 Å². The number of rotatable bonds is 1. The first-order valence-corrected chi connectivity index (χ1v) is 4.87. The van der Waals surface area contributed by atoms with Gasteiger partial charge in [-0.05, 0) is 18.6 Å². The second-order valence-corrected chi connectivity index (χ2v) is 3.76. The average molecular weight is 224 g/mol. The fourth-order valence-corrected chi connectivity index (χ4v) is 1.76. The van der Waals surface area contributed by atoms with Crippen molar-refractivity contribution in [1.29, 1.82) is 0 Å². The summed E-state index contributed by atoms with van der Waals surface area (Å²) in [6.45, 7) is 3.39. The van der Waals surface area contributed by atoms with Crippen LogP contribution < -0.4 is 5.32 Å². The van der Waals surface area contributed by atoms with Gasteiger partial charge in [0, 0.05) is 13.1 Å². The third-order valence-electron chi connectivity index (χ3n) is 2.11. The molecule has 0 bridgehead atoms. The molecule has 0 aliphatic rings. The van der Waals surface area contributed by atoms with Crippen molar-refractivity contribution in [3.63, 3.8) is 0 Å². The van der Waals surface area contributed by atoms with Crippen molar-refractivity contribution in [3.05, 3.63) is 23.0 Å². The molecule has 4 nitrogen and oxygen atoms in total. The van der Waals surface area contributed by atoms with Crippen molar-refractivity contribution >= 4 is 34.2 Å². The maximum Gasteiger partial charge on any atom is 0.221 e. The third kappa shape index (κ3) is 1.80. The first-order chi connectivity index (χ1) is 7.08. The number of carbonyl (C=O) groups is 1. The van der Waals surface area contributed by atoms with Crippen LogP contribution in [0.25, 0.3) is 11.0 Å². The van der Waals surface area contributed by atoms with Crippen molar-refractivity contribution in [2.45, 2.75) is 13.8 Å². The summed E-state index contributed by atoms with van der Waals surface area (Å²) in [5.41, 5.74) is 3.24. The van der Waals surface area contributed by atoms with Crippen LogP contribution in [-0.4, -0.2) is 15.9 Å². The summed E-state index contributed by atoms with van der Waals surface area (Å²) in [5.74, 6) is -0.129. The predicted molar refractivity (Wildman–Crippen MR) is 60.1 cm³/mol. The average Bonchev–Trinajstić information content (AvgIpc) is 2.48. The molecular formula is C10H10ClN3O. The van der Waals surface area contributed by atoms with Crippen LogP contribution in [0.15, 0.2) is 12.3 Å². The zero-order valence-corrected chi connectivity index (χ0v) is 9.14. The molecule has 2 rings (SSSR count). The van der Waals surface area contributed by atoms with E-state index in [9.17, 15) is 4.79 Å². The molecule has 2 aromatic rings.